The molecule has 1 amide bonds. The number of nitrogens with one attached hydrogen (secondary N) is 1. The van der Waals surface area contributed by atoms with Gasteiger partial charge in [0.15, 0.2) is 5.76 Å². The van der Waals surface area contributed by atoms with Gasteiger partial charge in [0.2, 0.25) is 0 Å². The topological polar surface area (TPSA) is 77.2 Å². The van der Waals surface area contributed by atoms with Gasteiger partial charge in [-0.05, 0) is 18.2 Å². The van der Waals surface area contributed by atoms with E-state index in [0.717, 1.165) is 11.3 Å². The van der Waals surface area contributed by atoms with E-state index in [9.17, 15) is 4.79 Å². The summed E-state index contributed by atoms with van der Waals surface area (Å²) in [4.78, 5) is 16.0. The summed E-state index contributed by atoms with van der Waals surface area (Å²) >= 11 is 11.7. The van der Waals surface area contributed by atoms with Crippen molar-refractivity contribution in [2.75, 3.05) is 7.11 Å². The molecule has 6 nitrogen and oxygen atoms in total. The third-order valence-electron chi connectivity index (χ3n) is 3.40. The van der Waals surface area contributed by atoms with Crippen LogP contribution in [0, 0.1) is 0 Å². The molecule has 128 valence electrons. The number of carbonyl (C=O) groups excluding carboxylic acids is 1. The van der Waals surface area contributed by atoms with E-state index in [-0.39, 0.29) is 17.3 Å². The van der Waals surface area contributed by atoms with Crippen molar-refractivity contribution in [1.82, 2.24) is 15.5 Å². The fraction of sp³-hybridized carbons (Fsp3) is 0.118. The van der Waals surface area contributed by atoms with Crippen molar-refractivity contribution in [2.45, 2.75) is 6.54 Å². The molecule has 0 saturated heterocycles. The molecular formula is C17H13Cl2N3O3. The molecule has 3 aromatic rings. The van der Waals surface area contributed by atoms with Gasteiger partial charge in [0.1, 0.15) is 16.6 Å². The standard InChI is InChI=1S/C17H13Cl2N3O3/c1-24-12-4-2-3-10(5-12)15-7-13(25-22-15)9-21-17(23)14-6-11(18)8-20-16(14)19/h2-8H,9H2,1H3,(H,21,23). The average Bonchev–Trinajstić information content (AvgIpc) is 3.11. The number of amides is 1. The Morgan fingerprint density at radius 2 is 2.12 bits per heavy atom. The summed E-state index contributed by atoms with van der Waals surface area (Å²) in [5.74, 6) is 0.815. The first-order chi connectivity index (χ1) is 12.1. The highest BCUT2D eigenvalue weighted by molar-refractivity contribution is 6.34. The van der Waals surface area contributed by atoms with Crippen LogP contribution in [0.4, 0.5) is 0 Å². The molecule has 25 heavy (non-hydrogen) atoms. The molecule has 2 aromatic heterocycles. The van der Waals surface area contributed by atoms with E-state index in [1.807, 2.05) is 24.3 Å². The van der Waals surface area contributed by atoms with Crippen molar-refractivity contribution in [2.24, 2.45) is 0 Å². The normalized spacial score (nSPS) is 10.5. The molecule has 2 heterocycles. The predicted molar refractivity (Wildman–Crippen MR) is 93.9 cm³/mol. The summed E-state index contributed by atoms with van der Waals surface area (Å²) in [6.07, 6.45) is 1.37. The van der Waals surface area contributed by atoms with E-state index in [1.165, 1.54) is 12.3 Å². The van der Waals surface area contributed by atoms with Crippen molar-refractivity contribution in [3.8, 4) is 17.0 Å². The molecule has 0 fully saturated rings. The Labute approximate surface area is 153 Å². The second-order valence-electron chi connectivity index (χ2n) is 5.09. The molecule has 0 bridgehead atoms. The molecule has 0 aliphatic carbocycles. The lowest BCUT2D eigenvalue weighted by Gasteiger charge is -2.04. The first-order valence-electron chi connectivity index (χ1n) is 7.26. The van der Waals surface area contributed by atoms with Gasteiger partial charge in [-0.2, -0.15) is 0 Å². The van der Waals surface area contributed by atoms with Crippen LogP contribution in [-0.4, -0.2) is 23.2 Å². The van der Waals surface area contributed by atoms with Gasteiger partial charge in [0.05, 0.1) is 24.2 Å². The van der Waals surface area contributed by atoms with E-state index in [0.29, 0.717) is 16.5 Å². The number of hydrogen-bond donors (Lipinski definition) is 1. The van der Waals surface area contributed by atoms with Crippen LogP contribution in [0.25, 0.3) is 11.3 Å². The van der Waals surface area contributed by atoms with E-state index in [4.69, 9.17) is 32.5 Å². The number of pyridine rings is 1. The van der Waals surface area contributed by atoms with E-state index >= 15 is 0 Å². The molecule has 0 saturated carbocycles. The number of aromatic nitrogens is 2. The third kappa shape index (κ3) is 4.10. The predicted octanol–water partition coefficient (Wildman–Crippen LogP) is 3.98. The molecule has 3 rings (SSSR count). The van der Waals surface area contributed by atoms with Gasteiger partial charge < -0.3 is 14.6 Å². The summed E-state index contributed by atoms with van der Waals surface area (Å²) < 4.78 is 10.4. The van der Waals surface area contributed by atoms with Gasteiger partial charge >= 0.3 is 0 Å². The molecular weight excluding hydrogens is 365 g/mol. The fourth-order valence-electron chi connectivity index (χ4n) is 2.16. The van der Waals surface area contributed by atoms with Crippen molar-refractivity contribution in [1.29, 1.82) is 0 Å². The zero-order chi connectivity index (χ0) is 17.8. The number of rotatable bonds is 5. The summed E-state index contributed by atoms with van der Waals surface area (Å²) in [5, 5.41) is 7.10. The fourth-order valence-corrected chi connectivity index (χ4v) is 2.51. The van der Waals surface area contributed by atoms with Crippen LogP contribution in [0.2, 0.25) is 10.2 Å². The highest BCUT2D eigenvalue weighted by atomic mass is 35.5. The van der Waals surface area contributed by atoms with Gasteiger partial charge in [-0.1, -0.05) is 40.5 Å². The largest absolute Gasteiger partial charge is 0.497 e. The molecule has 0 radical (unpaired) electrons. The molecule has 1 aromatic carbocycles. The highest BCUT2D eigenvalue weighted by Gasteiger charge is 2.14. The zero-order valence-electron chi connectivity index (χ0n) is 13.1. The zero-order valence-corrected chi connectivity index (χ0v) is 14.6. The monoisotopic (exact) mass is 377 g/mol. The van der Waals surface area contributed by atoms with Crippen molar-refractivity contribution >= 4 is 29.1 Å². The van der Waals surface area contributed by atoms with Crippen LogP contribution in [0.1, 0.15) is 16.1 Å². The third-order valence-corrected chi connectivity index (χ3v) is 3.91. The number of ether oxygens (including phenoxy) is 1. The van der Waals surface area contributed by atoms with E-state index in [2.05, 4.69) is 15.5 Å². The van der Waals surface area contributed by atoms with Crippen LogP contribution in [0.5, 0.6) is 5.75 Å². The Bertz CT molecular complexity index is 912. The lowest BCUT2D eigenvalue weighted by molar-refractivity contribution is 0.0947. The second kappa shape index (κ2) is 7.55. The van der Waals surface area contributed by atoms with Gasteiger partial charge in [-0.25, -0.2) is 4.98 Å². The number of halogens is 2. The Morgan fingerprint density at radius 1 is 1.28 bits per heavy atom. The first kappa shape index (κ1) is 17.3. The number of nitrogens with zero attached hydrogens (tertiary/aromatic N) is 2. The highest BCUT2D eigenvalue weighted by Crippen LogP contribution is 2.23. The van der Waals surface area contributed by atoms with Gasteiger partial charge in [-0.3, -0.25) is 4.79 Å². The Balaban J connectivity index is 1.69. The van der Waals surface area contributed by atoms with Crippen LogP contribution in [0.15, 0.2) is 47.1 Å². The minimum atomic E-state index is -0.403. The molecule has 8 heteroatoms. The lowest BCUT2D eigenvalue weighted by Crippen LogP contribution is -2.23. The average molecular weight is 378 g/mol. The van der Waals surface area contributed by atoms with Gasteiger partial charge in [0, 0.05) is 17.8 Å². The van der Waals surface area contributed by atoms with Crippen LogP contribution >= 0.6 is 23.2 Å². The van der Waals surface area contributed by atoms with Gasteiger partial charge in [-0.15, -0.1) is 0 Å². The molecule has 0 spiro atoms. The Hall–Kier alpha value is -2.57. The van der Waals surface area contributed by atoms with Crippen LogP contribution < -0.4 is 10.1 Å². The first-order valence-corrected chi connectivity index (χ1v) is 8.01. The van der Waals surface area contributed by atoms with Crippen molar-refractivity contribution in [3.05, 3.63) is 64.1 Å². The maximum atomic E-state index is 12.2. The number of hydrogen-bond acceptors (Lipinski definition) is 5. The number of benzene rings is 1. The smallest absolute Gasteiger partial charge is 0.254 e. The molecule has 0 aliphatic rings. The molecule has 1 N–H and O–H groups in total. The van der Waals surface area contributed by atoms with E-state index in [1.54, 1.807) is 13.2 Å². The lowest BCUT2D eigenvalue weighted by atomic mass is 10.1. The quantitative estimate of drug-likeness (QED) is 0.680. The van der Waals surface area contributed by atoms with Crippen LogP contribution in [0.3, 0.4) is 0 Å². The number of methoxy groups -OCH3 is 1. The van der Waals surface area contributed by atoms with Crippen LogP contribution in [-0.2, 0) is 6.54 Å². The minimum Gasteiger partial charge on any atom is -0.497 e. The minimum absolute atomic E-state index is 0.0801. The maximum Gasteiger partial charge on any atom is 0.254 e. The summed E-state index contributed by atoms with van der Waals surface area (Å²) in [7, 11) is 1.60. The molecule has 0 unspecified atom stereocenters. The van der Waals surface area contributed by atoms with Gasteiger partial charge in [0.25, 0.3) is 5.91 Å². The Morgan fingerprint density at radius 3 is 2.92 bits per heavy atom. The van der Waals surface area contributed by atoms with E-state index < -0.39 is 5.91 Å². The summed E-state index contributed by atoms with van der Waals surface area (Å²) in [5.41, 5.74) is 1.69. The molecule has 0 aliphatic heterocycles. The molecule has 0 atom stereocenters. The SMILES string of the molecule is COc1cccc(-c2cc(CNC(=O)c3cc(Cl)cnc3Cl)on2)c1. The van der Waals surface area contributed by atoms with Crippen molar-refractivity contribution < 1.29 is 14.1 Å². The summed E-state index contributed by atoms with van der Waals surface area (Å²) in [6.45, 7) is 0.151. The maximum absolute atomic E-state index is 12.2. The summed E-state index contributed by atoms with van der Waals surface area (Å²) in [6, 6.07) is 10.6. The van der Waals surface area contributed by atoms with Crippen molar-refractivity contribution in [3.63, 3.8) is 0 Å². The second-order valence-corrected chi connectivity index (χ2v) is 5.88. The Kier molecular flexibility index (Phi) is 5.21. The number of carbonyl (C=O) groups is 1.